The van der Waals surface area contributed by atoms with Crippen LogP contribution in [0.2, 0.25) is 0 Å². The number of hydrogen-bond donors (Lipinski definition) is 1. The van der Waals surface area contributed by atoms with Crippen LogP contribution in [-0.4, -0.2) is 11.1 Å². The SMILES string of the molecule is O=C(O)CC1Cc2ccc(F)cc2C1. The van der Waals surface area contributed by atoms with Crippen molar-refractivity contribution >= 4 is 5.97 Å². The van der Waals surface area contributed by atoms with Crippen molar-refractivity contribution in [2.45, 2.75) is 19.3 Å². The van der Waals surface area contributed by atoms with Gasteiger partial charge in [-0.3, -0.25) is 4.79 Å². The number of benzene rings is 1. The normalized spacial score (nSPS) is 19.4. The van der Waals surface area contributed by atoms with Gasteiger partial charge in [-0.05, 0) is 42.0 Å². The molecule has 0 aliphatic heterocycles. The topological polar surface area (TPSA) is 37.3 Å². The second-order valence-corrected chi connectivity index (χ2v) is 3.79. The molecule has 0 radical (unpaired) electrons. The van der Waals surface area contributed by atoms with Gasteiger partial charge in [0, 0.05) is 6.42 Å². The first kappa shape index (κ1) is 9.19. The highest BCUT2D eigenvalue weighted by Gasteiger charge is 2.23. The van der Waals surface area contributed by atoms with E-state index in [1.54, 1.807) is 6.07 Å². The fourth-order valence-electron chi connectivity index (χ4n) is 2.07. The highest BCUT2D eigenvalue weighted by atomic mass is 19.1. The first-order valence-electron chi connectivity index (χ1n) is 4.64. The molecule has 1 unspecified atom stereocenters. The molecule has 74 valence electrons. The Morgan fingerprint density at radius 2 is 2.14 bits per heavy atom. The van der Waals surface area contributed by atoms with Crippen molar-refractivity contribution in [1.29, 1.82) is 0 Å². The Labute approximate surface area is 81.4 Å². The van der Waals surface area contributed by atoms with E-state index in [4.69, 9.17) is 5.11 Å². The van der Waals surface area contributed by atoms with E-state index >= 15 is 0 Å². The lowest BCUT2D eigenvalue weighted by molar-refractivity contribution is -0.138. The van der Waals surface area contributed by atoms with Crippen molar-refractivity contribution in [2.75, 3.05) is 0 Å². The number of carbonyl (C=O) groups is 1. The number of carboxylic acid groups (broad SMARTS) is 1. The molecule has 0 bridgehead atoms. The highest BCUT2D eigenvalue weighted by molar-refractivity contribution is 5.67. The summed E-state index contributed by atoms with van der Waals surface area (Å²) in [6.07, 6.45) is 1.64. The summed E-state index contributed by atoms with van der Waals surface area (Å²) in [5.41, 5.74) is 2.06. The number of rotatable bonds is 2. The van der Waals surface area contributed by atoms with Gasteiger partial charge in [0.15, 0.2) is 0 Å². The summed E-state index contributed by atoms with van der Waals surface area (Å²) in [5.74, 6) is -0.868. The molecule has 1 aromatic rings. The van der Waals surface area contributed by atoms with Crippen LogP contribution < -0.4 is 0 Å². The molecule has 0 heterocycles. The minimum Gasteiger partial charge on any atom is -0.481 e. The van der Waals surface area contributed by atoms with Crippen LogP contribution in [0.3, 0.4) is 0 Å². The molecule has 2 rings (SSSR count). The zero-order valence-electron chi connectivity index (χ0n) is 7.66. The highest BCUT2D eigenvalue weighted by Crippen LogP contribution is 2.29. The van der Waals surface area contributed by atoms with Gasteiger partial charge in [-0.25, -0.2) is 4.39 Å². The standard InChI is InChI=1S/C11H11FO2/c12-10-2-1-8-3-7(5-11(13)14)4-9(8)6-10/h1-2,6-7H,3-5H2,(H,13,14). The summed E-state index contributed by atoms with van der Waals surface area (Å²) >= 11 is 0. The smallest absolute Gasteiger partial charge is 0.303 e. The third kappa shape index (κ3) is 1.76. The van der Waals surface area contributed by atoms with E-state index in [0.717, 1.165) is 17.5 Å². The van der Waals surface area contributed by atoms with E-state index in [1.807, 2.05) is 0 Å². The molecule has 0 aromatic heterocycles. The van der Waals surface area contributed by atoms with Gasteiger partial charge in [0.05, 0.1) is 0 Å². The molecular weight excluding hydrogens is 183 g/mol. The summed E-state index contributed by atoms with van der Waals surface area (Å²) in [5, 5.41) is 8.63. The number of halogens is 1. The van der Waals surface area contributed by atoms with Crippen molar-refractivity contribution in [3.8, 4) is 0 Å². The maximum atomic E-state index is 12.8. The Hall–Kier alpha value is -1.38. The molecule has 0 fully saturated rings. The van der Waals surface area contributed by atoms with Gasteiger partial charge in [0.2, 0.25) is 0 Å². The summed E-state index contributed by atoms with van der Waals surface area (Å²) in [4.78, 5) is 10.5. The minimum atomic E-state index is -0.775. The van der Waals surface area contributed by atoms with Crippen LogP contribution in [0.1, 0.15) is 17.5 Å². The molecule has 0 saturated carbocycles. The summed E-state index contributed by atoms with van der Waals surface area (Å²) in [6.45, 7) is 0. The zero-order chi connectivity index (χ0) is 10.1. The fourth-order valence-corrected chi connectivity index (χ4v) is 2.07. The molecule has 1 N–H and O–H groups in total. The summed E-state index contributed by atoms with van der Waals surface area (Å²) < 4.78 is 12.8. The zero-order valence-corrected chi connectivity index (χ0v) is 7.66. The Kier molecular flexibility index (Phi) is 2.23. The minimum absolute atomic E-state index is 0.143. The molecule has 2 nitrogen and oxygen atoms in total. The monoisotopic (exact) mass is 194 g/mol. The Morgan fingerprint density at radius 1 is 1.43 bits per heavy atom. The molecular formula is C11H11FO2. The van der Waals surface area contributed by atoms with Gasteiger partial charge in [0.25, 0.3) is 0 Å². The van der Waals surface area contributed by atoms with Gasteiger partial charge in [-0.15, -0.1) is 0 Å². The second-order valence-electron chi connectivity index (χ2n) is 3.79. The van der Waals surface area contributed by atoms with Crippen LogP contribution in [0.25, 0.3) is 0 Å². The van der Waals surface area contributed by atoms with Crippen molar-refractivity contribution in [3.05, 3.63) is 35.1 Å². The Balaban J connectivity index is 2.14. The predicted octanol–water partition coefficient (Wildman–Crippen LogP) is 2.02. The maximum Gasteiger partial charge on any atom is 0.303 e. The maximum absolute atomic E-state index is 12.8. The van der Waals surface area contributed by atoms with Crippen LogP contribution in [0.5, 0.6) is 0 Å². The van der Waals surface area contributed by atoms with Gasteiger partial charge < -0.3 is 5.11 Å². The Bertz CT molecular complexity index is 374. The van der Waals surface area contributed by atoms with Crippen molar-refractivity contribution in [3.63, 3.8) is 0 Å². The molecule has 0 saturated heterocycles. The summed E-state index contributed by atoms with van der Waals surface area (Å²) in [6, 6.07) is 4.70. The molecule has 3 heteroatoms. The van der Waals surface area contributed by atoms with Crippen molar-refractivity contribution in [1.82, 2.24) is 0 Å². The number of fused-ring (bicyclic) bond motifs is 1. The van der Waals surface area contributed by atoms with Crippen LogP contribution in [0.4, 0.5) is 4.39 Å². The predicted molar refractivity (Wildman–Crippen MR) is 49.6 cm³/mol. The van der Waals surface area contributed by atoms with Crippen molar-refractivity contribution < 1.29 is 14.3 Å². The second kappa shape index (κ2) is 3.40. The van der Waals surface area contributed by atoms with E-state index in [1.165, 1.54) is 12.1 Å². The molecule has 0 spiro atoms. The lowest BCUT2D eigenvalue weighted by Crippen LogP contribution is -2.07. The molecule has 1 atom stereocenters. The van der Waals surface area contributed by atoms with E-state index in [2.05, 4.69) is 0 Å². The molecule has 1 aromatic carbocycles. The molecule has 0 amide bonds. The first-order valence-corrected chi connectivity index (χ1v) is 4.64. The van der Waals surface area contributed by atoms with Crippen LogP contribution in [-0.2, 0) is 17.6 Å². The number of aliphatic carboxylic acids is 1. The average Bonchev–Trinajstić information content (AvgIpc) is 2.44. The van der Waals surface area contributed by atoms with Gasteiger partial charge in [-0.1, -0.05) is 6.07 Å². The number of carboxylic acids is 1. The molecule has 1 aliphatic carbocycles. The average molecular weight is 194 g/mol. The van der Waals surface area contributed by atoms with Crippen LogP contribution in [0, 0.1) is 11.7 Å². The van der Waals surface area contributed by atoms with E-state index in [9.17, 15) is 9.18 Å². The fraction of sp³-hybridized carbons (Fsp3) is 0.364. The quantitative estimate of drug-likeness (QED) is 0.782. The third-order valence-corrected chi connectivity index (χ3v) is 2.65. The summed E-state index contributed by atoms with van der Waals surface area (Å²) in [7, 11) is 0. The number of hydrogen-bond acceptors (Lipinski definition) is 1. The van der Waals surface area contributed by atoms with E-state index in [-0.39, 0.29) is 18.2 Å². The van der Waals surface area contributed by atoms with Crippen LogP contribution >= 0.6 is 0 Å². The largest absolute Gasteiger partial charge is 0.481 e. The molecule has 14 heavy (non-hydrogen) atoms. The Morgan fingerprint density at radius 3 is 2.86 bits per heavy atom. The van der Waals surface area contributed by atoms with Gasteiger partial charge in [0.1, 0.15) is 5.82 Å². The van der Waals surface area contributed by atoms with E-state index < -0.39 is 5.97 Å². The third-order valence-electron chi connectivity index (χ3n) is 2.65. The van der Waals surface area contributed by atoms with E-state index in [0.29, 0.717) is 6.42 Å². The van der Waals surface area contributed by atoms with Gasteiger partial charge in [-0.2, -0.15) is 0 Å². The lowest BCUT2D eigenvalue weighted by Gasteiger charge is -2.02. The first-order chi connectivity index (χ1) is 6.65. The van der Waals surface area contributed by atoms with Gasteiger partial charge >= 0.3 is 5.97 Å². The van der Waals surface area contributed by atoms with Crippen molar-refractivity contribution in [2.24, 2.45) is 5.92 Å². The molecule has 1 aliphatic rings. The lowest BCUT2D eigenvalue weighted by atomic mass is 10.0. The van der Waals surface area contributed by atoms with Crippen LogP contribution in [0.15, 0.2) is 18.2 Å².